The van der Waals surface area contributed by atoms with Gasteiger partial charge in [-0.2, -0.15) is 0 Å². The first-order valence-corrected chi connectivity index (χ1v) is 18.2. The molecule has 53 heavy (non-hydrogen) atoms. The molecule has 0 atom stereocenters. The highest BCUT2D eigenvalue weighted by Gasteiger charge is 2.23. The molecule has 2 N–H and O–H groups in total. The summed E-state index contributed by atoms with van der Waals surface area (Å²) in [4.78, 5) is 47.1. The number of halogens is 2. The van der Waals surface area contributed by atoms with E-state index in [0.717, 1.165) is 44.8 Å². The quantitative estimate of drug-likeness (QED) is 0.0887. The van der Waals surface area contributed by atoms with Gasteiger partial charge in [0.25, 0.3) is 0 Å². The van der Waals surface area contributed by atoms with Gasteiger partial charge in [-0.15, -0.1) is 23.2 Å². The van der Waals surface area contributed by atoms with Crippen molar-refractivity contribution in [3.05, 3.63) is 131 Å². The van der Waals surface area contributed by atoms with E-state index in [-0.39, 0.29) is 11.4 Å². The van der Waals surface area contributed by atoms with Crippen molar-refractivity contribution in [3.63, 3.8) is 0 Å². The first-order chi connectivity index (χ1) is 26.0. The van der Waals surface area contributed by atoms with E-state index in [2.05, 4.69) is 57.2 Å². The largest absolute Gasteiger partial charge is 0.363 e. The molecule has 2 aromatic carbocycles. The molecule has 2 saturated heterocycles. The van der Waals surface area contributed by atoms with Crippen LogP contribution >= 0.6 is 23.2 Å². The van der Waals surface area contributed by atoms with Gasteiger partial charge in [0.15, 0.2) is 0 Å². The van der Waals surface area contributed by atoms with E-state index in [1.165, 1.54) is 17.2 Å². The molecule has 0 radical (unpaired) electrons. The molecule has 0 aliphatic carbocycles. The van der Waals surface area contributed by atoms with E-state index in [0.29, 0.717) is 56.5 Å². The molecule has 14 heteroatoms. The number of nitrogens with one attached hydrogen (secondary N) is 2. The van der Waals surface area contributed by atoms with Crippen molar-refractivity contribution in [2.24, 2.45) is 4.99 Å². The predicted octanol–water partition coefficient (Wildman–Crippen LogP) is 6.74. The van der Waals surface area contributed by atoms with Gasteiger partial charge >= 0.3 is 6.03 Å². The minimum atomic E-state index is -0.0259. The van der Waals surface area contributed by atoms with E-state index in [1.54, 1.807) is 30.6 Å². The Morgan fingerprint density at radius 1 is 0.755 bits per heavy atom. The van der Waals surface area contributed by atoms with Crippen LogP contribution in [0.15, 0.2) is 102 Å². The van der Waals surface area contributed by atoms with Crippen LogP contribution < -0.4 is 20.4 Å². The molecule has 0 unspecified atom stereocenters. The van der Waals surface area contributed by atoms with Crippen LogP contribution in [0.3, 0.4) is 0 Å². The minimum Gasteiger partial charge on any atom is -0.363 e. The SMILES string of the molecule is ClCCl.O=C=NCCc1ccccc1.[C-]#[N+]c1cccnc1N1CCN(C(=O)NCCc2ccccc2)CC1.[C-]#[N+]c1cccnc1N1CCNCC1. The summed E-state index contributed by atoms with van der Waals surface area (Å²) in [6, 6.07) is 27.2. The van der Waals surface area contributed by atoms with Crippen molar-refractivity contribution in [2.45, 2.75) is 12.8 Å². The molecule has 6 rings (SSSR count). The first-order valence-electron chi connectivity index (χ1n) is 17.2. The lowest BCUT2D eigenvalue weighted by Gasteiger charge is -2.35. The van der Waals surface area contributed by atoms with Crippen molar-refractivity contribution in [1.29, 1.82) is 0 Å². The maximum Gasteiger partial charge on any atom is 0.317 e. The number of nitrogens with zero attached hydrogens (tertiary/aromatic N) is 8. The summed E-state index contributed by atoms with van der Waals surface area (Å²) in [5, 5.41) is 6.45. The summed E-state index contributed by atoms with van der Waals surface area (Å²) < 4.78 is 0. The van der Waals surface area contributed by atoms with Crippen molar-refractivity contribution in [3.8, 4) is 0 Å². The number of pyridine rings is 2. The number of anilines is 2. The molecule has 0 saturated carbocycles. The number of aromatic nitrogens is 2. The van der Waals surface area contributed by atoms with Crippen LogP contribution in [0.2, 0.25) is 0 Å². The Labute approximate surface area is 322 Å². The molecule has 2 aliphatic heterocycles. The molecule has 276 valence electrons. The second kappa shape index (κ2) is 25.5. The van der Waals surface area contributed by atoms with Crippen LogP contribution in [0.25, 0.3) is 9.69 Å². The number of hydrogen-bond acceptors (Lipinski definition) is 8. The van der Waals surface area contributed by atoms with Gasteiger partial charge in [0.1, 0.15) is 11.6 Å². The highest BCUT2D eigenvalue weighted by atomic mass is 35.5. The maximum atomic E-state index is 12.3. The van der Waals surface area contributed by atoms with E-state index in [4.69, 9.17) is 36.3 Å². The zero-order valence-corrected chi connectivity index (χ0v) is 31.1. The number of isocyanates is 1. The fourth-order valence-electron chi connectivity index (χ4n) is 5.38. The van der Waals surface area contributed by atoms with Crippen molar-refractivity contribution in [1.82, 2.24) is 25.5 Å². The molecular formula is C39H44Cl2N10O2. The zero-order valence-electron chi connectivity index (χ0n) is 29.6. The fourth-order valence-corrected chi connectivity index (χ4v) is 5.38. The number of benzene rings is 2. The predicted molar refractivity (Wildman–Crippen MR) is 213 cm³/mol. The number of hydrogen-bond donors (Lipinski definition) is 2. The van der Waals surface area contributed by atoms with Gasteiger partial charge in [-0.1, -0.05) is 84.9 Å². The summed E-state index contributed by atoms with van der Waals surface area (Å²) in [6.07, 6.45) is 6.60. The van der Waals surface area contributed by atoms with Crippen LogP contribution in [0.1, 0.15) is 11.1 Å². The smallest absolute Gasteiger partial charge is 0.317 e. The molecule has 4 heterocycles. The Morgan fingerprint density at radius 2 is 1.25 bits per heavy atom. The molecule has 12 nitrogen and oxygen atoms in total. The number of carbonyl (C=O) groups is 1. The highest BCUT2D eigenvalue weighted by molar-refractivity contribution is 6.40. The van der Waals surface area contributed by atoms with Gasteiger partial charge in [-0.3, -0.25) is 9.97 Å². The average Bonchev–Trinajstić information content (AvgIpc) is 3.23. The van der Waals surface area contributed by atoms with Gasteiger partial charge in [0.2, 0.25) is 17.5 Å². The van der Waals surface area contributed by atoms with E-state index in [1.807, 2.05) is 59.5 Å². The lowest BCUT2D eigenvalue weighted by atomic mass is 10.1. The summed E-state index contributed by atoms with van der Waals surface area (Å²) in [5.74, 6) is 1.53. The summed E-state index contributed by atoms with van der Waals surface area (Å²) in [6.45, 7) is 21.9. The lowest BCUT2D eigenvalue weighted by molar-refractivity contribution is 0.194. The number of aliphatic imine (C=N–C) groups is 1. The lowest BCUT2D eigenvalue weighted by Crippen LogP contribution is -2.52. The Balaban J connectivity index is 0.000000227. The molecule has 4 aromatic rings. The minimum absolute atomic E-state index is 0.0259. The van der Waals surface area contributed by atoms with Crippen molar-refractivity contribution in [2.75, 3.05) is 80.6 Å². The molecule has 2 amide bonds. The normalized spacial score (nSPS) is 13.1. The summed E-state index contributed by atoms with van der Waals surface area (Å²) in [7, 11) is 0. The van der Waals surface area contributed by atoms with E-state index >= 15 is 0 Å². The number of piperazine rings is 2. The van der Waals surface area contributed by atoms with Gasteiger partial charge in [0.05, 0.1) is 25.0 Å². The van der Waals surface area contributed by atoms with Gasteiger partial charge in [-0.05, 0) is 24.0 Å². The van der Waals surface area contributed by atoms with E-state index in [9.17, 15) is 9.59 Å². The zero-order chi connectivity index (χ0) is 37.9. The second-order valence-corrected chi connectivity index (χ2v) is 12.2. The Morgan fingerprint density at radius 3 is 1.74 bits per heavy atom. The Kier molecular flexibility index (Phi) is 20.1. The number of urea groups is 1. The molecular weight excluding hydrogens is 711 g/mol. The fraction of sp³-hybridized carbons (Fsp3) is 0.333. The van der Waals surface area contributed by atoms with Gasteiger partial charge < -0.3 is 25.3 Å². The topological polar surface area (TPSA) is 115 Å². The van der Waals surface area contributed by atoms with E-state index < -0.39 is 0 Å². The monoisotopic (exact) mass is 754 g/mol. The Hall–Kier alpha value is -5.49. The highest BCUT2D eigenvalue weighted by Crippen LogP contribution is 2.27. The van der Waals surface area contributed by atoms with Gasteiger partial charge in [-0.25, -0.2) is 24.3 Å². The van der Waals surface area contributed by atoms with Crippen molar-refractivity contribution >= 4 is 58.3 Å². The molecule has 2 fully saturated rings. The maximum absolute atomic E-state index is 12.3. The third kappa shape index (κ3) is 15.3. The van der Waals surface area contributed by atoms with Crippen LogP contribution in [-0.4, -0.2) is 97.8 Å². The van der Waals surface area contributed by atoms with Crippen LogP contribution in [0.5, 0.6) is 0 Å². The molecule has 2 aromatic heterocycles. The second-order valence-electron chi connectivity index (χ2n) is 11.4. The third-order valence-electron chi connectivity index (χ3n) is 8.01. The molecule has 0 spiro atoms. The number of amides is 2. The number of alkyl halides is 2. The number of rotatable bonds is 8. The van der Waals surface area contributed by atoms with Crippen LogP contribution in [0.4, 0.5) is 27.8 Å². The number of carbonyl (C=O) groups excluding carboxylic acids is 2. The standard InChI is InChI=1S/C19H21N5O.C10H12N4.C9H9NO.CH2Cl2/c1-20-17-8-5-10-21-18(17)23-12-14-24(15-13-23)19(25)22-11-9-16-6-3-2-4-7-16;1-11-9-3-2-4-13-10(9)14-7-5-12-6-8-14;11-8-10-7-6-9-4-2-1-3-5-9;2-1-3/h2-8,10H,9,11-15H2,(H,22,25);2-4,12H,5-8H2;1-5H,6-7H2;1H2. The van der Waals surface area contributed by atoms with Crippen LogP contribution in [0, 0.1) is 13.1 Å². The average molecular weight is 756 g/mol. The summed E-state index contributed by atoms with van der Waals surface area (Å²) in [5.41, 5.74) is 3.62. The molecule has 0 bridgehead atoms. The third-order valence-corrected chi connectivity index (χ3v) is 8.01. The summed E-state index contributed by atoms with van der Waals surface area (Å²) >= 11 is 9.53. The first kappa shape index (κ1) is 41.9. The Bertz CT molecular complexity index is 1770. The van der Waals surface area contributed by atoms with Gasteiger partial charge in [0, 0.05) is 71.3 Å². The van der Waals surface area contributed by atoms with Crippen molar-refractivity contribution < 1.29 is 9.59 Å². The van der Waals surface area contributed by atoms with Crippen LogP contribution in [-0.2, 0) is 17.6 Å². The molecule has 2 aliphatic rings.